The standard InChI is InChI=1S/C17H22N2O5S/c1-23-11-14-13-5-3-4-6-15(13)24-16(14)17(20)19-9-7-12(8-10-19)18-25(2,21)22/h3-6,12,18H,7-11H2,1-2H3. The highest BCUT2D eigenvalue weighted by molar-refractivity contribution is 7.88. The smallest absolute Gasteiger partial charge is 0.289 e. The Morgan fingerprint density at radius 1 is 1.32 bits per heavy atom. The normalized spacial score (nSPS) is 16.5. The quantitative estimate of drug-likeness (QED) is 0.871. The minimum absolute atomic E-state index is 0.131. The molecule has 0 bridgehead atoms. The number of likely N-dealkylation sites (tertiary alicyclic amines) is 1. The van der Waals surface area contributed by atoms with Crippen LogP contribution >= 0.6 is 0 Å². The van der Waals surface area contributed by atoms with Crippen molar-refractivity contribution in [3.63, 3.8) is 0 Å². The van der Waals surface area contributed by atoms with E-state index in [0.29, 0.717) is 43.9 Å². The molecule has 0 spiro atoms. The summed E-state index contributed by atoms with van der Waals surface area (Å²) in [5.41, 5.74) is 1.41. The van der Waals surface area contributed by atoms with Crippen LogP contribution in [0.1, 0.15) is 29.0 Å². The van der Waals surface area contributed by atoms with Gasteiger partial charge < -0.3 is 14.1 Å². The van der Waals surface area contributed by atoms with E-state index >= 15 is 0 Å². The molecule has 1 saturated heterocycles. The summed E-state index contributed by atoms with van der Waals surface area (Å²) in [5.74, 6) is 0.124. The molecule has 0 atom stereocenters. The number of nitrogens with zero attached hydrogens (tertiary/aromatic N) is 1. The summed E-state index contributed by atoms with van der Waals surface area (Å²) in [7, 11) is -1.65. The Bertz CT molecular complexity index is 866. The molecule has 0 radical (unpaired) electrons. The second-order valence-electron chi connectivity index (χ2n) is 6.30. The molecule has 1 fully saturated rings. The molecule has 25 heavy (non-hydrogen) atoms. The maximum Gasteiger partial charge on any atom is 0.289 e. The van der Waals surface area contributed by atoms with Crippen molar-refractivity contribution in [1.29, 1.82) is 0 Å². The van der Waals surface area contributed by atoms with Crippen molar-refractivity contribution < 1.29 is 22.4 Å². The number of para-hydroxylation sites is 1. The molecule has 1 aromatic heterocycles. The van der Waals surface area contributed by atoms with Crippen LogP contribution in [0.15, 0.2) is 28.7 Å². The lowest BCUT2D eigenvalue weighted by Gasteiger charge is -2.31. The van der Waals surface area contributed by atoms with Crippen molar-refractivity contribution in [2.75, 3.05) is 26.5 Å². The fourth-order valence-electron chi connectivity index (χ4n) is 3.21. The molecule has 2 heterocycles. The van der Waals surface area contributed by atoms with Crippen molar-refractivity contribution >= 4 is 26.9 Å². The second kappa shape index (κ2) is 7.15. The Kier molecular flexibility index (Phi) is 5.12. The molecule has 1 amide bonds. The molecule has 0 saturated carbocycles. The first-order valence-corrected chi connectivity index (χ1v) is 10.0. The van der Waals surface area contributed by atoms with Gasteiger partial charge in [0.05, 0.1) is 12.9 Å². The summed E-state index contributed by atoms with van der Waals surface area (Å²) in [5, 5.41) is 0.876. The SMILES string of the molecule is COCc1c(C(=O)N2CCC(NS(C)(=O)=O)CC2)oc2ccccc12. The number of nitrogens with one attached hydrogen (secondary N) is 1. The predicted molar refractivity (Wildman–Crippen MR) is 93.8 cm³/mol. The van der Waals surface area contributed by atoms with E-state index in [9.17, 15) is 13.2 Å². The molecule has 0 aliphatic carbocycles. The van der Waals surface area contributed by atoms with Gasteiger partial charge in [-0.2, -0.15) is 0 Å². The van der Waals surface area contributed by atoms with Gasteiger partial charge in [0.1, 0.15) is 5.58 Å². The lowest BCUT2D eigenvalue weighted by Crippen LogP contribution is -2.46. The molecule has 2 aromatic rings. The van der Waals surface area contributed by atoms with E-state index in [4.69, 9.17) is 9.15 Å². The number of rotatable bonds is 5. The lowest BCUT2D eigenvalue weighted by molar-refractivity contribution is 0.0675. The summed E-state index contributed by atoms with van der Waals surface area (Å²) >= 11 is 0. The molecular formula is C17H22N2O5S. The van der Waals surface area contributed by atoms with E-state index in [1.54, 1.807) is 12.0 Å². The Balaban J connectivity index is 1.78. The van der Waals surface area contributed by atoms with Gasteiger partial charge in [-0.1, -0.05) is 18.2 Å². The third kappa shape index (κ3) is 4.02. The maximum absolute atomic E-state index is 12.9. The Morgan fingerprint density at radius 2 is 2.00 bits per heavy atom. The number of ether oxygens (including phenoxy) is 1. The predicted octanol–water partition coefficient (Wildman–Crippen LogP) is 1.73. The van der Waals surface area contributed by atoms with E-state index in [2.05, 4.69) is 4.72 Å². The first kappa shape index (κ1) is 17.9. The molecular weight excluding hydrogens is 344 g/mol. The van der Waals surface area contributed by atoms with Gasteiger partial charge in [-0.25, -0.2) is 13.1 Å². The Morgan fingerprint density at radius 3 is 2.64 bits per heavy atom. The number of hydrogen-bond acceptors (Lipinski definition) is 5. The average molecular weight is 366 g/mol. The van der Waals surface area contributed by atoms with Gasteiger partial charge in [0.25, 0.3) is 5.91 Å². The van der Waals surface area contributed by atoms with Crippen LogP contribution in [-0.4, -0.2) is 51.7 Å². The largest absolute Gasteiger partial charge is 0.451 e. The van der Waals surface area contributed by atoms with Crippen LogP contribution in [-0.2, 0) is 21.4 Å². The third-order valence-corrected chi connectivity index (χ3v) is 5.11. The van der Waals surface area contributed by atoms with E-state index in [-0.39, 0.29) is 11.9 Å². The number of fused-ring (bicyclic) bond motifs is 1. The van der Waals surface area contributed by atoms with E-state index in [1.807, 2.05) is 24.3 Å². The van der Waals surface area contributed by atoms with Crippen LogP contribution in [0.4, 0.5) is 0 Å². The lowest BCUT2D eigenvalue weighted by atomic mass is 10.1. The highest BCUT2D eigenvalue weighted by atomic mass is 32.2. The molecule has 0 unspecified atom stereocenters. The van der Waals surface area contributed by atoms with Crippen molar-refractivity contribution in [3.05, 3.63) is 35.6 Å². The number of piperidine rings is 1. The van der Waals surface area contributed by atoms with Crippen LogP contribution in [0, 0.1) is 0 Å². The fraction of sp³-hybridized carbons (Fsp3) is 0.471. The molecule has 1 aromatic carbocycles. The first-order chi connectivity index (χ1) is 11.9. The zero-order valence-electron chi connectivity index (χ0n) is 14.3. The number of furan rings is 1. The topological polar surface area (TPSA) is 88.9 Å². The van der Waals surface area contributed by atoms with Crippen molar-refractivity contribution in [3.8, 4) is 0 Å². The second-order valence-corrected chi connectivity index (χ2v) is 8.08. The van der Waals surface area contributed by atoms with Gasteiger partial charge in [0, 0.05) is 37.2 Å². The van der Waals surface area contributed by atoms with E-state index in [0.717, 1.165) is 17.2 Å². The van der Waals surface area contributed by atoms with Gasteiger partial charge >= 0.3 is 0 Å². The number of sulfonamides is 1. The molecule has 1 N–H and O–H groups in total. The van der Waals surface area contributed by atoms with Crippen molar-refractivity contribution in [2.45, 2.75) is 25.5 Å². The molecule has 7 nitrogen and oxygen atoms in total. The number of methoxy groups -OCH3 is 1. The third-order valence-electron chi connectivity index (χ3n) is 4.34. The number of carbonyl (C=O) groups excluding carboxylic acids is 1. The molecule has 136 valence electrons. The Labute approximate surface area is 147 Å². The van der Waals surface area contributed by atoms with Crippen LogP contribution in [0.2, 0.25) is 0 Å². The monoisotopic (exact) mass is 366 g/mol. The van der Waals surface area contributed by atoms with Gasteiger partial charge in [0.15, 0.2) is 5.76 Å². The highest BCUT2D eigenvalue weighted by Crippen LogP contribution is 2.28. The first-order valence-electron chi connectivity index (χ1n) is 8.15. The number of hydrogen-bond donors (Lipinski definition) is 1. The zero-order chi connectivity index (χ0) is 18.0. The highest BCUT2D eigenvalue weighted by Gasteiger charge is 2.29. The van der Waals surface area contributed by atoms with Crippen molar-refractivity contribution in [2.24, 2.45) is 0 Å². The fourth-order valence-corrected chi connectivity index (χ4v) is 4.05. The number of amides is 1. The van der Waals surface area contributed by atoms with E-state index in [1.165, 1.54) is 0 Å². The molecule has 1 aliphatic heterocycles. The number of benzene rings is 1. The summed E-state index contributed by atoms with van der Waals surface area (Å²) in [6.45, 7) is 1.26. The summed E-state index contributed by atoms with van der Waals surface area (Å²) in [6.07, 6.45) is 2.31. The minimum atomic E-state index is -3.23. The molecule has 3 rings (SSSR count). The van der Waals surface area contributed by atoms with Gasteiger partial charge in [-0.3, -0.25) is 4.79 Å². The van der Waals surface area contributed by atoms with Crippen LogP contribution in [0.5, 0.6) is 0 Å². The van der Waals surface area contributed by atoms with Crippen LogP contribution in [0.3, 0.4) is 0 Å². The Hall–Kier alpha value is -1.90. The summed E-state index contributed by atoms with van der Waals surface area (Å²) in [6, 6.07) is 7.36. The van der Waals surface area contributed by atoms with Crippen LogP contribution in [0.25, 0.3) is 11.0 Å². The van der Waals surface area contributed by atoms with Crippen molar-refractivity contribution in [1.82, 2.24) is 9.62 Å². The van der Waals surface area contributed by atoms with Gasteiger partial charge in [-0.15, -0.1) is 0 Å². The van der Waals surface area contributed by atoms with Gasteiger partial charge in [-0.05, 0) is 18.9 Å². The molecule has 1 aliphatic rings. The summed E-state index contributed by atoms with van der Waals surface area (Å²) in [4.78, 5) is 14.6. The molecule has 8 heteroatoms. The van der Waals surface area contributed by atoms with E-state index < -0.39 is 10.0 Å². The maximum atomic E-state index is 12.9. The minimum Gasteiger partial charge on any atom is -0.451 e. The average Bonchev–Trinajstić information content (AvgIpc) is 2.93. The van der Waals surface area contributed by atoms with Crippen LogP contribution < -0.4 is 4.72 Å². The van der Waals surface area contributed by atoms with Gasteiger partial charge in [0.2, 0.25) is 10.0 Å². The zero-order valence-corrected chi connectivity index (χ0v) is 15.1. The number of carbonyl (C=O) groups is 1. The summed E-state index contributed by atoms with van der Waals surface area (Å²) < 4.78 is 36.3.